The van der Waals surface area contributed by atoms with E-state index in [0.717, 1.165) is 27.6 Å². The summed E-state index contributed by atoms with van der Waals surface area (Å²) in [5.74, 6) is 0.246. The van der Waals surface area contributed by atoms with Gasteiger partial charge in [-0.3, -0.25) is 0 Å². The van der Waals surface area contributed by atoms with Crippen LogP contribution in [0.15, 0.2) is 54.6 Å². The number of hydrogen-bond donors (Lipinski definition) is 1. The van der Waals surface area contributed by atoms with E-state index in [9.17, 15) is 4.39 Å². The Balaban J connectivity index is 1.90. The standard InChI is InChI=1S/C20H16FNO2/c21-20-12-17(4-5-18(20)13-22)14-2-3-16-11-19(24-9-1-8-23)7-6-15(16)10-14/h2-7,10-12,23H,1,8-9H2. The lowest BCUT2D eigenvalue weighted by Crippen LogP contribution is -1.99. The number of ether oxygens (including phenoxy) is 1. The van der Waals surface area contributed by atoms with Gasteiger partial charge in [0, 0.05) is 13.0 Å². The van der Waals surface area contributed by atoms with Crippen molar-refractivity contribution in [2.24, 2.45) is 0 Å². The molecule has 0 atom stereocenters. The fourth-order valence-corrected chi connectivity index (χ4v) is 2.53. The second kappa shape index (κ2) is 7.12. The van der Waals surface area contributed by atoms with E-state index in [0.29, 0.717) is 13.0 Å². The summed E-state index contributed by atoms with van der Waals surface area (Å²) in [4.78, 5) is 0. The first-order valence-corrected chi connectivity index (χ1v) is 7.69. The normalized spacial score (nSPS) is 10.5. The summed E-state index contributed by atoms with van der Waals surface area (Å²) in [5.41, 5.74) is 1.67. The molecular formula is C20H16FNO2. The van der Waals surface area contributed by atoms with E-state index in [1.807, 2.05) is 42.5 Å². The van der Waals surface area contributed by atoms with E-state index in [1.165, 1.54) is 12.1 Å². The summed E-state index contributed by atoms with van der Waals surface area (Å²) in [6.07, 6.45) is 0.598. The lowest BCUT2D eigenvalue weighted by atomic mass is 10.00. The van der Waals surface area contributed by atoms with Crippen LogP contribution in [-0.2, 0) is 0 Å². The van der Waals surface area contributed by atoms with Crippen molar-refractivity contribution in [3.8, 4) is 22.9 Å². The molecule has 3 rings (SSSR count). The van der Waals surface area contributed by atoms with Crippen molar-refractivity contribution >= 4 is 10.8 Å². The molecular weight excluding hydrogens is 305 g/mol. The molecule has 0 fully saturated rings. The molecule has 4 heteroatoms. The van der Waals surface area contributed by atoms with E-state index < -0.39 is 5.82 Å². The van der Waals surface area contributed by atoms with Crippen LogP contribution >= 0.6 is 0 Å². The van der Waals surface area contributed by atoms with Crippen molar-refractivity contribution in [2.45, 2.75) is 6.42 Å². The van der Waals surface area contributed by atoms with Crippen LogP contribution in [0.4, 0.5) is 4.39 Å². The van der Waals surface area contributed by atoms with Gasteiger partial charge in [0.15, 0.2) is 0 Å². The van der Waals surface area contributed by atoms with Gasteiger partial charge in [0.1, 0.15) is 17.6 Å². The first kappa shape index (κ1) is 16.0. The number of hydrogen-bond acceptors (Lipinski definition) is 3. The molecule has 3 nitrogen and oxygen atoms in total. The number of rotatable bonds is 5. The summed E-state index contributed by atoms with van der Waals surface area (Å²) in [6.45, 7) is 0.586. The summed E-state index contributed by atoms with van der Waals surface area (Å²) in [7, 11) is 0. The Bertz CT molecular complexity index is 915. The van der Waals surface area contributed by atoms with Crippen molar-refractivity contribution in [2.75, 3.05) is 13.2 Å². The van der Waals surface area contributed by atoms with Crippen molar-refractivity contribution in [1.29, 1.82) is 5.26 Å². The first-order chi connectivity index (χ1) is 11.7. The molecule has 0 saturated carbocycles. The largest absolute Gasteiger partial charge is 0.493 e. The molecule has 0 unspecified atom stereocenters. The van der Waals surface area contributed by atoms with E-state index >= 15 is 0 Å². The minimum atomic E-state index is -0.511. The molecule has 24 heavy (non-hydrogen) atoms. The topological polar surface area (TPSA) is 53.2 Å². The number of aliphatic hydroxyl groups is 1. The zero-order valence-corrected chi connectivity index (χ0v) is 13.0. The van der Waals surface area contributed by atoms with Crippen molar-refractivity contribution < 1.29 is 14.2 Å². The summed E-state index contributed by atoms with van der Waals surface area (Å²) >= 11 is 0. The average Bonchev–Trinajstić information content (AvgIpc) is 2.61. The van der Waals surface area contributed by atoms with Gasteiger partial charge in [-0.05, 0) is 52.2 Å². The van der Waals surface area contributed by atoms with Gasteiger partial charge in [-0.25, -0.2) is 4.39 Å². The van der Waals surface area contributed by atoms with E-state index in [1.54, 1.807) is 6.07 Å². The smallest absolute Gasteiger partial charge is 0.141 e. The number of fused-ring (bicyclic) bond motifs is 1. The Kier molecular flexibility index (Phi) is 4.74. The van der Waals surface area contributed by atoms with Gasteiger partial charge in [0.05, 0.1) is 12.2 Å². The van der Waals surface area contributed by atoms with Gasteiger partial charge in [-0.2, -0.15) is 5.26 Å². The lowest BCUT2D eigenvalue weighted by Gasteiger charge is -2.08. The minimum absolute atomic E-state index is 0.0456. The predicted octanol–water partition coefficient (Wildman–Crippen LogP) is 4.28. The maximum Gasteiger partial charge on any atom is 0.141 e. The van der Waals surface area contributed by atoms with Crippen LogP contribution in [0.25, 0.3) is 21.9 Å². The summed E-state index contributed by atoms with van der Waals surface area (Å²) in [5, 5.41) is 19.6. The maximum absolute atomic E-state index is 13.8. The van der Waals surface area contributed by atoms with Crippen LogP contribution < -0.4 is 4.74 Å². The first-order valence-electron chi connectivity index (χ1n) is 7.69. The second-order valence-corrected chi connectivity index (χ2v) is 5.46. The van der Waals surface area contributed by atoms with Crippen molar-refractivity contribution in [3.63, 3.8) is 0 Å². The third kappa shape index (κ3) is 3.37. The van der Waals surface area contributed by atoms with Gasteiger partial charge in [0.2, 0.25) is 0 Å². The summed E-state index contributed by atoms with van der Waals surface area (Å²) in [6, 6.07) is 18.1. The Morgan fingerprint density at radius 3 is 2.42 bits per heavy atom. The molecule has 0 bridgehead atoms. The Hall–Kier alpha value is -2.90. The third-order valence-electron chi connectivity index (χ3n) is 3.81. The molecule has 0 aliphatic carbocycles. The third-order valence-corrected chi connectivity index (χ3v) is 3.81. The molecule has 120 valence electrons. The van der Waals surface area contributed by atoms with Gasteiger partial charge in [0.25, 0.3) is 0 Å². The molecule has 0 aromatic heterocycles. The minimum Gasteiger partial charge on any atom is -0.493 e. The molecule has 3 aromatic rings. The van der Waals surface area contributed by atoms with Gasteiger partial charge < -0.3 is 9.84 Å². The van der Waals surface area contributed by atoms with Crippen molar-refractivity contribution in [1.82, 2.24) is 0 Å². The zero-order valence-electron chi connectivity index (χ0n) is 13.0. The number of halogens is 1. The Labute approximate surface area is 139 Å². The van der Waals surface area contributed by atoms with Crippen LogP contribution in [0.5, 0.6) is 5.75 Å². The molecule has 0 radical (unpaired) electrons. The van der Waals surface area contributed by atoms with Gasteiger partial charge >= 0.3 is 0 Å². The predicted molar refractivity (Wildman–Crippen MR) is 91.3 cm³/mol. The molecule has 0 heterocycles. The number of nitriles is 1. The highest BCUT2D eigenvalue weighted by atomic mass is 19.1. The second-order valence-electron chi connectivity index (χ2n) is 5.46. The van der Waals surface area contributed by atoms with Crippen LogP contribution in [0.2, 0.25) is 0 Å². The molecule has 0 aliphatic rings. The average molecular weight is 321 g/mol. The highest BCUT2D eigenvalue weighted by Crippen LogP contribution is 2.28. The fraction of sp³-hybridized carbons (Fsp3) is 0.150. The summed E-state index contributed by atoms with van der Waals surface area (Å²) < 4.78 is 19.4. The van der Waals surface area contributed by atoms with E-state index in [2.05, 4.69) is 0 Å². The number of aliphatic hydroxyl groups excluding tert-OH is 1. The molecule has 1 N–H and O–H groups in total. The van der Waals surface area contributed by atoms with Crippen LogP contribution in [0.3, 0.4) is 0 Å². The van der Waals surface area contributed by atoms with Crippen LogP contribution in [0, 0.1) is 17.1 Å². The molecule has 0 saturated heterocycles. The lowest BCUT2D eigenvalue weighted by molar-refractivity contribution is 0.234. The highest BCUT2D eigenvalue weighted by Gasteiger charge is 2.06. The van der Waals surface area contributed by atoms with E-state index in [4.69, 9.17) is 15.1 Å². The fourth-order valence-electron chi connectivity index (χ4n) is 2.53. The van der Waals surface area contributed by atoms with Gasteiger partial charge in [-0.1, -0.05) is 24.3 Å². The monoisotopic (exact) mass is 321 g/mol. The number of nitrogens with zero attached hydrogens (tertiary/aromatic N) is 1. The maximum atomic E-state index is 13.8. The Morgan fingerprint density at radius 1 is 0.958 bits per heavy atom. The zero-order chi connectivity index (χ0) is 16.9. The highest BCUT2D eigenvalue weighted by molar-refractivity contribution is 5.88. The molecule has 3 aromatic carbocycles. The molecule has 0 aliphatic heterocycles. The molecule has 0 amide bonds. The van der Waals surface area contributed by atoms with Crippen molar-refractivity contribution in [3.05, 3.63) is 66.0 Å². The van der Waals surface area contributed by atoms with Crippen LogP contribution in [0.1, 0.15) is 12.0 Å². The quantitative estimate of drug-likeness (QED) is 0.714. The van der Waals surface area contributed by atoms with Crippen LogP contribution in [-0.4, -0.2) is 18.3 Å². The molecule has 0 spiro atoms. The SMILES string of the molecule is N#Cc1ccc(-c2ccc3cc(OCCCO)ccc3c2)cc1F. The number of benzene rings is 3. The Morgan fingerprint density at radius 2 is 1.67 bits per heavy atom. The van der Waals surface area contributed by atoms with E-state index in [-0.39, 0.29) is 12.2 Å². The van der Waals surface area contributed by atoms with Gasteiger partial charge in [-0.15, -0.1) is 0 Å².